The number of nitrogens with one attached hydrogen (secondary N) is 1. The molecule has 0 aromatic heterocycles. The molecule has 0 unspecified atom stereocenters. The molecule has 154 valence electrons. The molecule has 6 nitrogen and oxygen atoms in total. The van der Waals surface area contributed by atoms with Crippen molar-refractivity contribution in [1.29, 1.82) is 0 Å². The Morgan fingerprint density at radius 1 is 1.14 bits per heavy atom. The predicted molar refractivity (Wildman–Crippen MR) is 117 cm³/mol. The number of nitrogens with zero attached hydrogens (tertiary/aromatic N) is 2. The molecule has 1 saturated heterocycles. The van der Waals surface area contributed by atoms with Gasteiger partial charge in [-0.25, -0.2) is 5.43 Å². The lowest BCUT2D eigenvalue weighted by Gasteiger charge is -2.29. The van der Waals surface area contributed by atoms with Gasteiger partial charge in [0.1, 0.15) is 11.5 Å². The summed E-state index contributed by atoms with van der Waals surface area (Å²) in [7, 11) is 1.62. The van der Waals surface area contributed by atoms with E-state index in [1.54, 1.807) is 31.5 Å². The number of anilines is 1. The number of rotatable bonds is 7. The van der Waals surface area contributed by atoms with E-state index in [0.717, 1.165) is 24.3 Å². The highest BCUT2D eigenvalue weighted by molar-refractivity contribution is 6.35. The molecule has 2 aromatic rings. The van der Waals surface area contributed by atoms with Crippen LogP contribution in [0.1, 0.15) is 24.8 Å². The fourth-order valence-corrected chi connectivity index (χ4v) is 3.56. The third kappa shape index (κ3) is 6.02. The molecule has 1 aliphatic rings. The van der Waals surface area contributed by atoms with E-state index in [9.17, 15) is 4.79 Å². The molecule has 1 heterocycles. The lowest BCUT2D eigenvalue weighted by Crippen LogP contribution is -2.29. The van der Waals surface area contributed by atoms with Crippen LogP contribution in [-0.4, -0.2) is 38.9 Å². The van der Waals surface area contributed by atoms with E-state index in [1.807, 2.05) is 18.2 Å². The van der Waals surface area contributed by atoms with Crippen LogP contribution in [0.2, 0.25) is 10.0 Å². The predicted octanol–water partition coefficient (Wildman–Crippen LogP) is 4.52. The summed E-state index contributed by atoms with van der Waals surface area (Å²) in [6.45, 7) is 1.90. The van der Waals surface area contributed by atoms with Crippen LogP contribution in [0.15, 0.2) is 41.5 Å². The number of hydrogen-bond donors (Lipinski definition) is 1. The Balaban J connectivity index is 1.55. The molecule has 1 amide bonds. The number of halogens is 2. The Labute approximate surface area is 180 Å². The minimum Gasteiger partial charge on any atom is -0.496 e. The van der Waals surface area contributed by atoms with Gasteiger partial charge in [0.25, 0.3) is 5.91 Å². The zero-order valence-corrected chi connectivity index (χ0v) is 17.7. The number of hydrogen-bond acceptors (Lipinski definition) is 5. The Morgan fingerprint density at radius 3 is 2.66 bits per heavy atom. The highest BCUT2D eigenvalue weighted by Gasteiger charge is 2.13. The molecule has 0 bridgehead atoms. The van der Waals surface area contributed by atoms with Crippen LogP contribution in [0.3, 0.4) is 0 Å². The Morgan fingerprint density at radius 2 is 1.93 bits per heavy atom. The van der Waals surface area contributed by atoms with Crippen molar-refractivity contribution in [3.63, 3.8) is 0 Å². The van der Waals surface area contributed by atoms with Crippen LogP contribution >= 0.6 is 23.2 Å². The zero-order chi connectivity index (χ0) is 20.6. The van der Waals surface area contributed by atoms with Crippen molar-refractivity contribution in [1.82, 2.24) is 5.43 Å². The molecule has 0 aliphatic carbocycles. The summed E-state index contributed by atoms with van der Waals surface area (Å²) < 4.78 is 10.9. The van der Waals surface area contributed by atoms with E-state index >= 15 is 0 Å². The van der Waals surface area contributed by atoms with Crippen molar-refractivity contribution in [2.24, 2.45) is 5.10 Å². The van der Waals surface area contributed by atoms with Gasteiger partial charge in [-0.3, -0.25) is 4.79 Å². The maximum Gasteiger partial charge on any atom is 0.277 e. The third-order valence-electron chi connectivity index (χ3n) is 4.58. The highest BCUT2D eigenvalue weighted by Crippen LogP contribution is 2.28. The molecule has 0 radical (unpaired) electrons. The molecule has 2 aromatic carbocycles. The van der Waals surface area contributed by atoms with Crippen LogP contribution in [0.4, 0.5) is 5.69 Å². The number of carbonyl (C=O) groups is 1. The first kappa shape index (κ1) is 21.3. The van der Waals surface area contributed by atoms with E-state index in [4.69, 9.17) is 32.7 Å². The molecule has 1 N–H and O–H groups in total. The molecule has 29 heavy (non-hydrogen) atoms. The zero-order valence-electron chi connectivity index (χ0n) is 16.2. The minimum absolute atomic E-state index is 0.219. The van der Waals surface area contributed by atoms with E-state index in [0.29, 0.717) is 21.5 Å². The van der Waals surface area contributed by atoms with Gasteiger partial charge >= 0.3 is 0 Å². The van der Waals surface area contributed by atoms with Gasteiger partial charge in [-0.05, 0) is 49.6 Å². The molecule has 8 heteroatoms. The summed E-state index contributed by atoms with van der Waals surface area (Å²) in [5, 5.41) is 4.83. The smallest absolute Gasteiger partial charge is 0.277 e. The second-order valence-corrected chi connectivity index (χ2v) is 7.47. The van der Waals surface area contributed by atoms with Gasteiger partial charge in [0.05, 0.1) is 18.3 Å². The van der Waals surface area contributed by atoms with E-state index < -0.39 is 5.91 Å². The molecule has 0 spiro atoms. The summed E-state index contributed by atoms with van der Waals surface area (Å²) in [6.07, 6.45) is 5.25. The lowest BCUT2D eigenvalue weighted by atomic mass is 10.1. The van der Waals surface area contributed by atoms with Crippen molar-refractivity contribution in [3.05, 3.63) is 52.0 Å². The number of methoxy groups -OCH3 is 1. The van der Waals surface area contributed by atoms with Gasteiger partial charge in [0.2, 0.25) is 0 Å². The number of piperidine rings is 1. The first-order chi connectivity index (χ1) is 14.1. The Bertz CT molecular complexity index is 883. The van der Waals surface area contributed by atoms with Crippen molar-refractivity contribution in [2.75, 3.05) is 31.7 Å². The van der Waals surface area contributed by atoms with Crippen LogP contribution in [0.25, 0.3) is 0 Å². The van der Waals surface area contributed by atoms with Gasteiger partial charge in [-0.2, -0.15) is 5.10 Å². The second-order valence-electron chi connectivity index (χ2n) is 6.63. The highest BCUT2D eigenvalue weighted by atomic mass is 35.5. The molecular weight excluding hydrogens is 413 g/mol. The normalized spacial score (nSPS) is 14.1. The fraction of sp³-hybridized carbons (Fsp3) is 0.333. The third-order valence-corrected chi connectivity index (χ3v) is 5.11. The minimum atomic E-state index is -0.406. The largest absolute Gasteiger partial charge is 0.496 e. The maximum atomic E-state index is 11.9. The van der Waals surface area contributed by atoms with Crippen LogP contribution in [0, 0.1) is 0 Å². The monoisotopic (exact) mass is 435 g/mol. The first-order valence-corrected chi connectivity index (χ1v) is 10.1. The average Bonchev–Trinajstić information content (AvgIpc) is 2.74. The fourth-order valence-electron chi connectivity index (χ4n) is 3.10. The van der Waals surface area contributed by atoms with Gasteiger partial charge in [0.15, 0.2) is 6.61 Å². The summed E-state index contributed by atoms with van der Waals surface area (Å²) in [6, 6.07) is 10.8. The Kier molecular flexibility index (Phi) is 7.61. The second kappa shape index (κ2) is 10.4. The Hall–Kier alpha value is -2.44. The lowest BCUT2D eigenvalue weighted by molar-refractivity contribution is -0.123. The van der Waals surface area contributed by atoms with Crippen molar-refractivity contribution < 1.29 is 14.3 Å². The van der Waals surface area contributed by atoms with Crippen molar-refractivity contribution in [3.8, 4) is 11.5 Å². The van der Waals surface area contributed by atoms with E-state index in [-0.39, 0.29) is 6.61 Å². The van der Waals surface area contributed by atoms with Crippen LogP contribution in [-0.2, 0) is 4.79 Å². The maximum absolute atomic E-state index is 11.9. The summed E-state index contributed by atoms with van der Waals surface area (Å²) >= 11 is 11.8. The number of amides is 1. The number of benzene rings is 2. The molecule has 0 saturated carbocycles. The van der Waals surface area contributed by atoms with Crippen LogP contribution in [0.5, 0.6) is 11.5 Å². The average molecular weight is 436 g/mol. The topological polar surface area (TPSA) is 63.2 Å². The first-order valence-electron chi connectivity index (χ1n) is 9.39. The van der Waals surface area contributed by atoms with Gasteiger partial charge in [-0.1, -0.05) is 23.2 Å². The van der Waals surface area contributed by atoms with E-state index in [2.05, 4.69) is 15.4 Å². The van der Waals surface area contributed by atoms with Crippen LogP contribution < -0.4 is 19.8 Å². The van der Waals surface area contributed by atoms with Gasteiger partial charge < -0.3 is 14.4 Å². The molecular formula is C21H23Cl2N3O3. The molecule has 0 atom stereocenters. The quantitative estimate of drug-likeness (QED) is 0.512. The van der Waals surface area contributed by atoms with Crippen molar-refractivity contribution >= 4 is 41.0 Å². The summed E-state index contributed by atoms with van der Waals surface area (Å²) in [5.41, 5.74) is 4.34. The van der Waals surface area contributed by atoms with Gasteiger partial charge in [-0.15, -0.1) is 0 Å². The molecule has 1 aliphatic heterocycles. The van der Waals surface area contributed by atoms with Crippen molar-refractivity contribution in [2.45, 2.75) is 19.3 Å². The molecule has 3 rings (SSSR count). The standard InChI is InChI=1S/C21H23Cl2N3O3/c1-28-20-12-17(26-9-3-2-4-10-26)7-5-15(20)13-24-25-21(27)14-29-19-8-6-16(22)11-18(19)23/h5-8,11-13H,2-4,9-10,14H2,1H3,(H,25,27)/b24-13+. The SMILES string of the molecule is COc1cc(N2CCCCC2)ccc1/C=N/NC(=O)COc1ccc(Cl)cc1Cl. The summed E-state index contributed by atoms with van der Waals surface area (Å²) in [5.74, 6) is 0.677. The number of carbonyl (C=O) groups excluding carboxylic acids is 1. The number of ether oxygens (including phenoxy) is 2. The molecule has 1 fully saturated rings. The number of hydrazone groups is 1. The van der Waals surface area contributed by atoms with E-state index in [1.165, 1.54) is 19.3 Å². The van der Waals surface area contributed by atoms with Gasteiger partial charge in [0, 0.05) is 35.4 Å². The summed E-state index contributed by atoms with van der Waals surface area (Å²) in [4.78, 5) is 14.3.